The fourth-order valence-corrected chi connectivity index (χ4v) is 9.54. The van der Waals surface area contributed by atoms with Gasteiger partial charge in [0, 0.05) is 42.6 Å². The Morgan fingerprint density at radius 3 is 1.75 bits per heavy atom. The van der Waals surface area contributed by atoms with E-state index in [9.17, 15) is 0 Å². The highest BCUT2D eigenvalue weighted by Gasteiger charge is 2.35. The molecule has 0 spiro atoms. The van der Waals surface area contributed by atoms with Crippen LogP contribution in [0.3, 0.4) is 0 Å². The Hall–Kier alpha value is -6.22. The van der Waals surface area contributed by atoms with Crippen LogP contribution in [0.25, 0.3) is 64.7 Å². The topological polar surface area (TPSA) is 3.24 Å². The van der Waals surface area contributed by atoms with E-state index in [-0.39, 0.29) is 5.41 Å². The summed E-state index contributed by atoms with van der Waals surface area (Å²) in [6.07, 6.45) is 0. The van der Waals surface area contributed by atoms with E-state index >= 15 is 0 Å². The molecule has 10 rings (SSSR count). The quantitative estimate of drug-likeness (QED) is 0.167. The molecule has 9 aromatic rings. The van der Waals surface area contributed by atoms with Crippen molar-refractivity contribution < 1.29 is 0 Å². The maximum atomic E-state index is 2.38. The van der Waals surface area contributed by atoms with Crippen LogP contribution in [0.2, 0.25) is 0 Å². The van der Waals surface area contributed by atoms with Crippen LogP contribution in [0.15, 0.2) is 188 Å². The first kappa shape index (κ1) is 31.5. The van der Waals surface area contributed by atoms with E-state index < -0.39 is 0 Å². The van der Waals surface area contributed by atoms with Crippen molar-refractivity contribution in [2.75, 3.05) is 4.90 Å². The Kier molecular flexibility index (Phi) is 7.42. The van der Waals surface area contributed by atoms with Crippen LogP contribution in [0.1, 0.15) is 25.0 Å². The predicted molar refractivity (Wildman–Crippen MR) is 228 cm³/mol. The summed E-state index contributed by atoms with van der Waals surface area (Å²) >= 11 is 1.87. The molecule has 0 radical (unpaired) electrons. The first-order chi connectivity index (χ1) is 26.0. The number of thiophene rings is 1. The zero-order valence-corrected chi connectivity index (χ0v) is 30.6. The van der Waals surface area contributed by atoms with Crippen molar-refractivity contribution in [1.29, 1.82) is 0 Å². The van der Waals surface area contributed by atoms with Crippen molar-refractivity contribution in [2.24, 2.45) is 0 Å². The second kappa shape index (κ2) is 12.5. The Morgan fingerprint density at radius 2 is 0.943 bits per heavy atom. The molecule has 1 nitrogen and oxygen atoms in total. The van der Waals surface area contributed by atoms with Gasteiger partial charge in [0.25, 0.3) is 0 Å². The molecule has 0 saturated carbocycles. The van der Waals surface area contributed by atoms with Gasteiger partial charge in [-0.3, -0.25) is 0 Å². The molecule has 1 heterocycles. The van der Waals surface area contributed by atoms with Crippen molar-refractivity contribution in [3.63, 3.8) is 0 Å². The minimum atomic E-state index is 0.00264. The number of fused-ring (bicyclic) bond motifs is 6. The molecule has 0 amide bonds. The fraction of sp³-hybridized carbons (Fsp3) is 0.0588. The molecule has 8 aromatic carbocycles. The minimum Gasteiger partial charge on any atom is -0.310 e. The monoisotopic (exact) mass is 695 g/mol. The number of benzene rings is 8. The molecule has 1 aliphatic carbocycles. The van der Waals surface area contributed by atoms with Crippen LogP contribution < -0.4 is 4.90 Å². The summed E-state index contributed by atoms with van der Waals surface area (Å²) in [5.41, 5.74) is 16.2. The molecule has 53 heavy (non-hydrogen) atoms. The van der Waals surface area contributed by atoms with Gasteiger partial charge in [0.15, 0.2) is 0 Å². The number of anilines is 3. The number of nitrogens with zero attached hydrogens (tertiary/aromatic N) is 1. The Balaban J connectivity index is 1.06. The van der Waals surface area contributed by atoms with Gasteiger partial charge < -0.3 is 4.90 Å². The van der Waals surface area contributed by atoms with Gasteiger partial charge in [-0.15, -0.1) is 11.3 Å². The molecule has 1 aliphatic rings. The molecule has 0 aliphatic heterocycles. The number of hydrogen-bond acceptors (Lipinski definition) is 2. The van der Waals surface area contributed by atoms with Gasteiger partial charge in [0.1, 0.15) is 0 Å². The molecule has 0 bridgehead atoms. The molecule has 0 fully saturated rings. The normalized spacial score (nSPS) is 12.9. The highest BCUT2D eigenvalue weighted by Crippen LogP contribution is 2.50. The van der Waals surface area contributed by atoms with Gasteiger partial charge in [-0.2, -0.15) is 0 Å². The summed E-state index contributed by atoms with van der Waals surface area (Å²) in [5.74, 6) is 0. The summed E-state index contributed by atoms with van der Waals surface area (Å²) in [7, 11) is 0. The average molecular weight is 696 g/mol. The summed E-state index contributed by atoms with van der Waals surface area (Å²) < 4.78 is 2.65. The second-order valence-corrected chi connectivity index (χ2v) is 15.6. The lowest BCUT2D eigenvalue weighted by Crippen LogP contribution is -2.14. The molecule has 0 atom stereocenters. The summed E-state index contributed by atoms with van der Waals surface area (Å²) in [5, 5.41) is 2.66. The third-order valence-electron chi connectivity index (χ3n) is 11.1. The molecular weight excluding hydrogens is 659 g/mol. The van der Waals surface area contributed by atoms with E-state index in [0.29, 0.717) is 0 Å². The van der Waals surface area contributed by atoms with Crippen LogP contribution in [0, 0.1) is 0 Å². The van der Waals surface area contributed by atoms with Crippen LogP contribution in [-0.2, 0) is 5.41 Å². The molecule has 2 heteroatoms. The van der Waals surface area contributed by atoms with E-state index in [4.69, 9.17) is 0 Å². The summed E-state index contributed by atoms with van der Waals surface area (Å²) in [4.78, 5) is 2.38. The third-order valence-corrected chi connectivity index (χ3v) is 12.2. The Bertz CT molecular complexity index is 2790. The van der Waals surface area contributed by atoms with Crippen molar-refractivity contribution in [1.82, 2.24) is 0 Å². The van der Waals surface area contributed by atoms with Crippen LogP contribution in [0.5, 0.6) is 0 Å². The molecular formula is C51H37NS. The van der Waals surface area contributed by atoms with E-state index in [1.54, 1.807) is 0 Å². The Morgan fingerprint density at radius 1 is 0.377 bits per heavy atom. The highest BCUT2D eigenvalue weighted by molar-refractivity contribution is 7.25. The second-order valence-electron chi connectivity index (χ2n) is 14.6. The van der Waals surface area contributed by atoms with E-state index in [0.717, 1.165) is 17.1 Å². The molecule has 1 aromatic heterocycles. The van der Waals surface area contributed by atoms with E-state index in [1.807, 2.05) is 11.3 Å². The lowest BCUT2D eigenvalue weighted by atomic mass is 9.82. The third kappa shape index (κ3) is 5.29. The summed E-state index contributed by atoms with van der Waals surface area (Å²) in [6, 6.07) is 69.0. The smallest absolute Gasteiger partial charge is 0.0467 e. The van der Waals surface area contributed by atoms with Gasteiger partial charge >= 0.3 is 0 Å². The van der Waals surface area contributed by atoms with Crippen LogP contribution >= 0.6 is 11.3 Å². The van der Waals surface area contributed by atoms with E-state index in [2.05, 4.69) is 207 Å². The van der Waals surface area contributed by atoms with E-state index in [1.165, 1.54) is 75.8 Å². The van der Waals surface area contributed by atoms with Gasteiger partial charge in [-0.1, -0.05) is 147 Å². The average Bonchev–Trinajstić information content (AvgIpc) is 3.71. The maximum Gasteiger partial charge on any atom is 0.0467 e. The van der Waals surface area contributed by atoms with Gasteiger partial charge in [-0.25, -0.2) is 0 Å². The minimum absolute atomic E-state index is 0.00264. The number of hydrogen-bond donors (Lipinski definition) is 0. The summed E-state index contributed by atoms with van der Waals surface area (Å²) in [6.45, 7) is 4.68. The molecule has 0 saturated heterocycles. The lowest BCUT2D eigenvalue weighted by molar-refractivity contribution is 0.660. The van der Waals surface area contributed by atoms with Crippen molar-refractivity contribution in [3.8, 4) is 44.5 Å². The van der Waals surface area contributed by atoms with Gasteiger partial charge in [0.2, 0.25) is 0 Å². The van der Waals surface area contributed by atoms with Crippen molar-refractivity contribution in [2.45, 2.75) is 19.3 Å². The SMILES string of the molecule is CC1(C)c2ccccc2-c2cc(-c3ccc(N(c4ccc(-c5cccc6sc7ccccc7c56)cc4)c4cccc(-c5ccccc5)c4)cc3)ccc21. The molecule has 0 unspecified atom stereocenters. The lowest BCUT2D eigenvalue weighted by Gasteiger charge is -2.26. The van der Waals surface area contributed by atoms with Gasteiger partial charge in [0.05, 0.1) is 0 Å². The zero-order valence-electron chi connectivity index (χ0n) is 29.8. The predicted octanol–water partition coefficient (Wildman–Crippen LogP) is 14.8. The largest absolute Gasteiger partial charge is 0.310 e. The van der Waals surface area contributed by atoms with Crippen molar-refractivity contribution in [3.05, 3.63) is 199 Å². The maximum absolute atomic E-state index is 2.38. The first-order valence-corrected chi connectivity index (χ1v) is 19.2. The highest BCUT2D eigenvalue weighted by atomic mass is 32.1. The van der Waals surface area contributed by atoms with Gasteiger partial charge in [-0.05, 0) is 110 Å². The molecule has 0 N–H and O–H groups in total. The van der Waals surface area contributed by atoms with Crippen LogP contribution in [0.4, 0.5) is 17.1 Å². The standard InChI is InChI=1S/C51H37NS/c1-51(2)46-19-8-6-16-43(46)45-33-38(26-31-47(45)51)35-22-27-39(28-23-35)52(41-15-10-14-37(32-41)34-12-4-3-5-13-34)40-29-24-36(25-30-40)42-18-11-21-49-50(42)44-17-7-9-20-48(44)53-49/h3-33H,1-2H3. The fourth-order valence-electron chi connectivity index (χ4n) is 8.41. The first-order valence-electron chi connectivity index (χ1n) is 18.3. The Labute approximate surface area is 315 Å². The van der Waals surface area contributed by atoms with Crippen molar-refractivity contribution >= 4 is 48.6 Å². The number of rotatable bonds is 6. The van der Waals surface area contributed by atoms with Crippen LogP contribution in [-0.4, -0.2) is 0 Å². The molecule has 252 valence electrons. The zero-order chi connectivity index (χ0) is 35.5.